The number of carbonyl (C=O) groups is 1. The minimum absolute atomic E-state index is 0.0423. The molecule has 1 aliphatic carbocycles. The summed E-state index contributed by atoms with van der Waals surface area (Å²) in [5.74, 6) is -4.71. The van der Waals surface area contributed by atoms with Gasteiger partial charge in [0.05, 0.1) is 11.4 Å². The lowest BCUT2D eigenvalue weighted by molar-refractivity contribution is -0.137. The number of phenolic OH excluding ortho intramolecular Hbond substituents is 1. The van der Waals surface area contributed by atoms with E-state index in [0.717, 1.165) is 12.8 Å². The van der Waals surface area contributed by atoms with E-state index < -0.39 is 34.3 Å². The molecule has 1 aromatic carbocycles. The van der Waals surface area contributed by atoms with Crippen molar-refractivity contribution in [2.45, 2.75) is 25.2 Å². The fourth-order valence-electron chi connectivity index (χ4n) is 2.13. The van der Waals surface area contributed by atoms with Crippen molar-refractivity contribution < 1.29 is 23.8 Å². The summed E-state index contributed by atoms with van der Waals surface area (Å²) >= 11 is 5.52. The van der Waals surface area contributed by atoms with E-state index in [1.165, 1.54) is 0 Å². The Morgan fingerprint density at radius 1 is 1.50 bits per heavy atom. The number of carboxylic acid groups (broad SMARTS) is 1. The first-order valence-corrected chi connectivity index (χ1v) is 5.87. The number of carboxylic acids is 1. The highest BCUT2D eigenvalue weighted by Crippen LogP contribution is 2.49. The Balaban J connectivity index is 2.49. The van der Waals surface area contributed by atoms with Crippen molar-refractivity contribution in [2.75, 3.05) is 0 Å². The first kappa shape index (κ1) is 13.1. The van der Waals surface area contributed by atoms with Crippen LogP contribution in [0.1, 0.15) is 30.7 Å². The van der Waals surface area contributed by atoms with Gasteiger partial charge in [0.15, 0.2) is 11.6 Å². The van der Waals surface area contributed by atoms with Crippen molar-refractivity contribution in [3.63, 3.8) is 0 Å². The van der Waals surface area contributed by atoms with E-state index >= 15 is 0 Å². The van der Waals surface area contributed by atoms with Crippen LogP contribution in [0, 0.1) is 17.6 Å². The van der Waals surface area contributed by atoms with Crippen LogP contribution in [0.4, 0.5) is 8.78 Å². The Kier molecular flexibility index (Phi) is 3.43. The molecule has 0 radical (unpaired) electrons. The molecule has 0 heterocycles. The van der Waals surface area contributed by atoms with Crippen molar-refractivity contribution >= 4 is 17.6 Å². The highest BCUT2D eigenvalue weighted by Gasteiger charge is 2.38. The van der Waals surface area contributed by atoms with Crippen LogP contribution in [0.25, 0.3) is 0 Å². The van der Waals surface area contributed by atoms with Crippen LogP contribution in [0.15, 0.2) is 6.07 Å². The molecule has 1 aromatic rings. The Morgan fingerprint density at radius 2 is 2.11 bits per heavy atom. The summed E-state index contributed by atoms with van der Waals surface area (Å²) in [5, 5.41) is 18.0. The van der Waals surface area contributed by atoms with Gasteiger partial charge in [0.1, 0.15) is 5.82 Å². The van der Waals surface area contributed by atoms with E-state index in [2.05, 4.69) is 0 Å². The van der Waals surface area contributed by atoms with Gasteiger partial charge in [-0.1, -0.05) is 11.6 Å². The Morgan fingerprint density at radius 3 is 2.61 bits per heavy atom. The molecule has 2 N–H and O–H groups in total. The van der Waals surface area contributed by atoms with E-state index in [-0.39, 0.29) is 17.9 Å². The molecule has 1 atom stereocenters. The van der Waals surface area contributed by atoms with Crippen molar-refractivity contribution in [1.29, 1.82) is 0 Å². The minimum Gasteiger partial charge on any atom is -0.505 e. The third kappa shape index (κ3) is 2.41. The molecule has 18 heavy (non-hydrogen) atoms. The van der Waals surface area contributed by atoms with Crippen LogP contribution in [0.3, 0.4) is 0 Å². The van der Waals surface area contributed by atoms with E-state index in [1.807, 2.05) is 0 Å². The normalized spacial score (nSPS) is 16.6. The van der Waals surface area contributed by atoms with E-state index in [0.29, 0.717) is 6.07 Å². The Bertz CT molecular complexity index is 474. The second-order valence-electron chi connectivity index (χ2n) is 4.46. The largest absolute Gasteiger partial charge is 0.505 e. The van der Waals surface area contributed by atoms with Crippen LogP contribution < -0.4 is 0 Å². The summed E-state index contributed by atoms with van der Waals surface area (Å²) in [4.78, 5) is 10.8. The number of hydrogen-bond acceptors (Lipinski definition) is 2. The molecule has 0 aromatic heterocycles. The molecule has 3 nitrogen and oxygen atoms in total. The number of aromatic hydroxyl groups is 1. The third-order valence-electron chi connectivity index (χ3n) is 3.14. The summed E-state index contributed by atoms with van der Waals surface area (Å²) < 4.78 is 27.2. The first-order valence-electron chi connectivity index (χ1n) is 5.50. The van der Waals surface area contributed by atoms with Crippen molar-refractivity contribution in [2.24, 2.45) is 5.92 Å². The first-order chi connectivity index (χ1) is 8.41. The maximum absolute atomic E-state index is 13.9. The zero-order chi connectivity index (χ0) is 13.4. The lowest BCUT2D eigenvalue weighted by atomic mass is 9.89. The molecule has 0 spiro atoms. The Labute approximate surface area is 107 Å². The molecule has 1 fully saturated rings. The molecule has 6 heteroatoms. The fourth-order valence-corrected chi connectivity index (χ4v) is 2.33. The molecule has 1 unspecified atom stereocenters. The monoisotopic (exact) mass is 276 g/mol. The highest BCUT2D eigenvalue weighted by molar-refractivity contribution is 6.30. The fraction of sp³-hybridized carbons (Fsp3) is 0.417. The van der Waals surface area contributed by atoms with Gasteiger partial charge in [-0.2, -0.15) is 0 Å². The van der Waals surface area contributed by atoms with Gasteiger partial charge in [0.25, 0.3) is 0 Å². The van der Waals surface area contributed by atoms with Gasteiger partial charge in [-0.15, -0.1) is 0 Å². The molecular weight excluding hydrogens is 266 g/mol. The number of rotatable bonds is 4. The molecule has 1 saturated carbocycles. The van der Waals surface area contributed by atoms with E-state index in [4.69, 9.17) is 16.7 Å². The van der Waals surface area contributed by atoms with Crippen molar-refractivity contribution in [3.8, 4) is 5.75 Å². The highest BCUT2D eigenvalue weighted by atomic mass is 35.5. The SMILES string of the molecule is O=C(O)CC(c1c(O)c(F)cc(Cl)c1F)C1CC1. The quantitative estimate of drug-likeness (QED) is 0.830. The van der Waals surface area contributed by atoms with Crippen LogP contribution in [-0.2, 0) is 4.79 Å². The minimum atomic E-state index is -1.12. The Hall–Kier alpha value is -1.36. The van der Waals surface area contributed by atoms with Crippen LogP contribution >= 0.6 is 11.6 Å². The number of halogens is 3. The standard InChI is InChI=1S/C12H11ClF2O3/c13-7-4-8(14)12(18)10(11(7)15)6(3-9(16)17)5-1-2-5/h4-6,18H,1-3H2,(H,16,17). The molecule has 1 aliphatic rings. The molecule has 0 aliphatic heterocycles. The maximum atomic E-state index is 13.9. The smallest absolute Gasteiger partial charge is 0.303 e. The second kappa shape index (κ2) is 4.72. The van der Waals surface area contributed by atoms with Crippen LogP contribution in [0.2, 0.25) is 5.02 Å². The average molecular weight is 277 g/mol. The lowest BCUT2D eigenvalue weighted by Crippen LogP contribution is -2.11. The van der Waals surface area contributed by atoms with Gasteiger partial charge in [-0.3, -0.25) is 4.79 Å². The zero-order valence-electron chi connectivity index (χ0n) is 9.29. The molecule has 0 bridgehead atoms. The number of benzene rings is 1. The average Bonchev–Trinajstić information content (AvgIpc) is 3.08. The zero-order valence-corrected chi connectivity index (χ0v) is 10.0. The van der Waals surface area contributed by atoms with Gasteiger partial charge in [0, 0.05) is 11.5 Å². The van der Waals surface area contributed by atoms with Gasteiger partial charge in [-0.05, 0) is 24.8 Å². The second-order valence-corrected chi connectivity index (χ2v) is 4.87. The van der Waals surface area contributed by atoms with Gasteiger partial charge in [-0.25, -0.2) is 8.78 Å². The summed E-state index contributed by atoms with van der Waals surface area (Å²) in [7, 11) is 0. The summed E-state index contributed by atoms with van der Waals surface area (Å²) in [6, 6.07) is 0.681. The molecule has 0 amide bonds. The number of hydrogen-bond donors (Lipinski definition) is 2. The van der Waals surface area contributed by atoms with Gasteiger partial charge >= 0.3 is 5.97 Å². The van der Waals surface area contributed by atoms with Crippen molar-refractivity contribution in [1.82, 2.24) is 0 Å². The topological polar surface area (TPSA) is 57.5 Å². The summed E-state index contributed by atoms with van der Waals surface area (Å²) in [6.07, 6.45) is 1.13. The van der Waals surface area contributed by atoms with Crippen LogP contribution in [0.5, 0.6) is 5.75 Å². The van der Waals surface area contributed by atoms with E-state index in [1.54, 1.807) is 0 Å². The van der Waals surface area contributed by atoms with E-state index in [9.17, 15) is 18.7 Å². The lowest BCUT2D eigenvalue weighted by Gasteiger charge is -2.17. The molecule has 2 rings (SSSR count). The summed E-state index contributed by atoms with van der Waals surface area (Å²) in [5.41, 5.74) is -0.315. The van der Waals surface area contributed by atoms with Gasteiger partial charge in [0.2, 0.25) is 0 Å². The summed E-state index contributed by atoms with van der Waals surface area (Å²) in [6.45, 7) is 0. The molecule has 0 saturated heterocycles. The van der Waals surface area contributed by atoms with Gasteiger partial charge < -0.3 is 10.2 Å². The predicted molar refractivity (Wildman–Crippen MR) is 60.8 cm³/mol. The van der Waals surface area contributed by atoms with Crippen molar-refractivity contribution in [3.05, 3.63) is 28.3 Å². The number of phenols is 1. The predicted octanol–water partition coefficient (Wildman–Crippen LogP) is 3.29. The maximum Gasteiger partial charge on any atom is 0.303 e. The third-order valence-corrected chi connectivity index (χ3v) is 3.41. The molecule has 98 valence electrons. The molecular formula is C12H11ClF2O3. The van der Waals surface area contributed by atoms with Crippen LogP contribution in [-0.4, -0.2) is 16.2 Å². The number of aliphatic carboxylic acids is 1.